The van der Waals surface area contributed by atoms with Crippen LogP contribution < -0.4 is 5.32 Å². The van der Waals surface area contributed by atoms with Crippen LogP contribution in [0.3, 0.4) is 0 Å². The molecule has 2 N–H and O–H groups in total. The van der Waals surface area contributed by atoms with Gasteiger partial charge in [-0.1, -0.05) is 0 Å². The number of nitrogens with one attached hydrogen (secondary N) is 2. The Morgan fingerprint density at radius 1 is 1.50 bits per heavy atom. The highest BCUT2D eigenvalue weighted by molar-refractivity contribution is 5.92. The molecule has 0 radical (unpaired) electrons. The number of hydrogen-bond acceptors (Lipinski definition) is 3. The molecule has 0 bridgehead atoms. The zero-order valence-corrected chi connectivity index (χ0v) is 10.2. The first-order valence-corrected chi connectivity index (χ1v) is 5.54. The second-order valence-electron chi connectivity index (χ2n) is 4.20. The minimum absolute atomic E-state index is 0.103. The number of H-pyrrole nitrogens is 1. The molecule has 1 rings (SSSR count). The minimum atomic E-state index is -0.103. The third kappa shape index (κ3) is 4.44. The molecule has 1 amide bonds. The van der Waals surface area contributed by atoms with E-state index >= 15 is 0 Å². The maximum Gasteiger partial charge on any atom is 0.271 e. The summed E-state index contributed by atoms with van der Waals surface area (Å²) in [5, 5.41) is 9.49. The van der Waals surface area contributed by atoms with Crippen molar-refractivity contribution in [1.29, 1.82) is 0 Å². The lowest BCUT2D eigenvalue weighted by molar-refractivity contribution is 0.0948. The molecule has 1 heterocycles. The Labute approximate surface area is 96.2 Å². The zero-order valence-electron chi connectivity index (χ0n) is 10.2. The standard InChI is InChI=1S/C11H20N4O/c1-9-8-10(14-13-9)11(16)12-6-4-5-7-15(2)3/h8H,4-7H2,1-3H3,(H,12,16)(H,13,14). The highest BCUT2D eigenvalue weighted by atomic mass is 16.1. The van der Waals surface area contributed by atoms with E-state index in [4.69, 9.17) is 0 Å². The molecule has 0 unspecified atom stereocenters. The van der Waals surface area contributed by atoms with Gasteiger partial charge in [0.05, 0.1) is 0 Å². The summed E-state index contributed by atoms with van der Waals surface area (Å²) in [5.41, 5.74) is 1.36. The van der Waals surface area contributed by atoms with Crippen molar-refractivity contribution >= 4 is 5.91 Å². The molecule has 0 saturated heterocycles. The zero-order chi connectivity index (χ0) is 12.0. The fourth-order valence-electron chi connectivity index (χ4n) is 1.38. The van der Waals surface area contributed by atoms with Crippen molar-refractivity contribution in [2.45, 2.75) is 19.8 Å². The van der Waals surface area contributed by atoms with Crippen LogP contribution in [0.1, 0.15) is 29.0 Å². The SMILES string of the molecule is Cc1cc(C(=O)NCCCCN(C)C)n[nH]1. The van der Waals surface area contributed by atoms with Crippen molar-refractivity contribution in [2.24, 2.45) is 0 Å². The van der Waals surface area contributed by atoms with Crippen molar-refractivity contribution in [3.8, 4) is 0 Å². The summed E-state index contributed by atoms with van der Waals surface area (Å²) in [6.45, 7) is 3.64. The van der Waals surface area contributed by atoms with E-state index in [1.54, 1.807) is 6.07 Å². The summed E-state index contributed by atoms with van der Waals surface area (Å²) in [6, 6.07) is 1.75. The second-order valence-corrected chi connectivity index (χ2v) is 4.20. The summed E-state index contributed by atoms with van der Waals surface area (Å²) < 4.78 is 0. The largest absolute Gasteiger partial charge is 0.351 e. The number of hydrogen-bond donors (Lipinski definition) is 2. The first-order valence-electron chi connectivity index (χ1n) is 5.54. The van der Waals surface area contributed by atoms with E-state index in [9.17, 15) is 4.79 Å². The molecule has 90 valence electrons. The molecule has 0 atom stereocenters. The fraction of sp³-hybridized carbons (Fsp3) is 0.636. The molecular formula is C11H20N4O. The molecule has 0 fully saturated rings. The summed E-state index contributed by atoms with van der Waals surface area (Å²) in [5.74, 6) is -0.103. The molecule has 5 heteroatoms. The molecule has 0 aliphatic rings. The Hall–Kier alpha value is -1.36. The van der Waals surface area contributed by atoms with Crippen LogP contribution >= 0.6 is 0 Å². The normalized spacial score (nSPS) is 10.8. The van der Waals surface area contributed by atoms with E-state index in [-0.39, 0.29) is 5.91 Å². The monoisotopic (exact) mass is 224 g/mol. The van der Waals surface area contributed by atoms with Gasteiger partial charge in [0, 0.05) is 12.2 Å². The van der Waals surface area contributed by atoms with E-state index in [0.717, 1.165) is 25.1 Å². The first kappa shape index (κ1) is 12.7. The molecule has 0 saturated carbocycles. The van der Waals surface area contributed by atoms with Crippen molar-refractivity contribution in [1.82, 2.24) is 20.4 Å². The van der Waals surface area contributed by atoms with Crippen molar-refractivity contribution in [2.75, 3.05) is 27.2 Å². The third-order valence-electron chi connectivity index (χ3n) is 2.26. The fourth-order valence-corrected chi connectivity index (χ4v) is 1.38. The van der Waals surface area contributed by atoms with Crippen LogP contribution in [0.15, 0.2) is 6.07 Å². The number of aromatic amines is 1. The number of carbonyl (C=O) groups excluding carboxylic acids is 1. The van der Waals surface area contributed by atoms with Crippen LogP contribution in [0.5, 0.6) is 0 Å². The van der Waals surface area contributed by atoms with Gasteiger partial charge < -0.3 is 10.2 Å². The number of nitrogens with zero attached hydrogens (tertiary/aromatic N) is 2. The van der Waals surface area contributed by atoms with Gasteiger partial charge in [-0.15, -0.1) is 0 Å². The maximum atomic E-state index is 11.6. The minimum Gasteiger partial charge on any atom is -0.351 e. The number of unbranched alkanes of at least 4 members (excludes halogenated alkanes) is 1. The Morgan fingerprint density at radius 2 is 2.25 bits per heavy atom. The molecule has 0 aliphatic carbocycles. The van der Waals surface area contributed by atoms with Crippen LogP contribution in [-0.2, 0) is 0 Å². The van der Waals surface area contributed by atoms with Gasteiger partial charge in [0.1, 0.15) is 5.69 Å². The highest BCUT2D eigenvalue weighted by Gasteiger charge is 2.07. The molecular weight excluding hydrogens is 204 g/mol. The van der Waals surface area contributed by atoms with E-state index in [2.05, 4.69) is 20.4 Å². The molecule has 1 aromatic heterocycles. The average molecular weight is 224 g/mol. The quantitative estimate of drug-likeness (QED) is 0.702. The predicted molar refractivity (Wildman–Crippen MR) is 63.4 cm³/mol. The Bertz CT molecular complexity index is 332. The lowest BCUT2D eigenvalue weighted by atomic mass is 10.3. The summed E-state index contributed by atoms with van der Waals surface area (Å²) in [6.07, 6.45) is 2.08. The Morgan fingerprint density at radius 3 is 2.81 bits per heavy atom. The molecule has 0 aliphatic heterocycles. The maximum absolute atomic E-state index is 11.6. The average Bonchev–Trinajstić information content (AvgIpc) is 2.63. The van der Waals surface area contributed by atoms with Gasteiger partial charge in [0.2, 0.25) is 0 Å². The number of aromatic nitrogens is 2. The van der Waals surface area contributed by atoms with Gasteiger partial charge in [0.15, 0.2) is 0 Å². The lowest BCUT2D eigenvalue weighted by Crippen LogP contribution is -2.25. The Balaban J connectivity index is 2.16. The number of aryl methyl sites for hydroxylation is 1. The molecule has 16 heavy (non-hydrogen) atoms. The topological polar surface area (TPSA) is 61.0 Å². The van der Waals surface area contributed by atoms with Crippen molar-refractivity contribution in [3.05, 3.63) is 17.5 Å². The van der Waals surface area contributed by atoms with Gasteiger partial charge in [0.25, 0.3) is 5.91 Å². The number of carbonyl (C=O) groups is 1. The van der Waals surface area contributed by atoms with E-state index in [1.807, 2.05) is 21.0 Å². The molecule has 5 nitrogen and oxygen atoms in total. The first-order chi connectivity index (χ1) is 7.59. The van der Waals surface area contributed by atoms with Crippen LogP contribution in [0.25, 0.3) is 0 Å². The Kier molecular flexibility index (Phi) is 4.98. The number of rotatable bonds is 6. The third-order valence-corrected chi connectivity index (χ3v) is 2.26. The lowest BCUT2D eigenvalue weighted by Gasteiger charge is -2.08. The van der Waals surface area contributed by atoms with E-state index in [0.29, 0.717) is 12.2 Å². The predicted octanol–water partition coefficient (Wildman–Crippen LogP) is 0.790. The highest BCUT2D eigenvalue weighted by Crippen LogP contribution is 1.97. The molecule has 0 spiro atoms. The molecule has 0 aromatic carbocycles. The summed E-state index contributed by atoms with van der Waals surface area (Å²) >= 11 is 0. The van der Waals surface area contributed by atoms with Crippen molar-refractivity contribution in [3.63, 3.8) is 0 Å². The van der Waals surface area contributed by atoms with Gasteiger partial charge in [-0.25, -0.2) is 0 Å². The van der Waals surface area contributed by atoms with Crippen molar-refractivity contribution < 1.29 is 4.79 Å². The van der Waals surface area contributed by atoms with E-state index in [1.165, 1.54) is 0 Å². The number of amides is 1. The van der Waals surface area contributed by atoms with Crippen LogP contribution in [0.4, 0.5) is 0 Å². The smallest absolute Gasteiger partial charge is 0.271 e. The second kappa shape index (κ2) is 6.27. The van der Waals surface area contributed by atoms with Gasteiger partial charge in [-0.2, -0.15) is 5.10 Å². The van der Waals surface area contributed by atoms with Gasteiger partial charge in [-0.05, 0) is 46.5 Å². The van der Waals surface area contributed by atoms with Gasteiger partial charge >= 0.3 is 0 Å². The van der Waals surface area contributed by atoms with Crippen LogP contribution in [0, 0.1) is 6.92 Å². The summed E-state index contributed by atoms with van der Waals surface area (Å²) in [7, 11) is 4.09. The molecule has 1 aromatic rings. The summed E-state index contributed by atoms with van der Waals surface area (Å²) in [4.78, 5) is 13.7. The van der Waals surface area contributed by atoms with E-state index < -0.39 is 0 Å². The van der Waals surface area contributed by atoms with Crippen LogP contribution in [-0.4, -0.2) is 48.2 Å². The van der Waals surface area contributed by atoms with Crippen LogP contribution in [0.2, 0.25) is 0 Å². The van der Waals surface area contributed by atoms with Gasteiger partial charge in [-0.3, -0.25) is 9.89 Å².